The maximum atomic E-state index is 11.7. The van der Waals surface area contributed by atoms with Crippen LogP contribution >= 0.6 is 0 Å². The number of hydrogen-bond acceptors (Lipinski definition) is 4. The van der Waals surface area contributed by atoms with E-state index in [1.165, 1.54) is 0 Å². The molecule has 1 aromatic rings. The molecule has 0 spiro atoms. The smallest absolute Gasteiger partial charge is 0.150 e. The highest BCUT2D eigenvalue weighted by molar-refractivity contribution is 7.91. The van der Waals surface area contributed by atoms with Crippen molar-refractivity contribution in [2.24, 2.45) is 13.0 Å². The molecule has 1 saturated heterocycles. The fourth-order valence-electron chi connectivity index (χ4n) is 2.19. The molecule has 1 fully saturated rings. The van der Waals surface area contributed by atoms with Crippen molar-refractivity contribution in [3.8, 4) is 0 Å². The molecule has 1 aromatic heterocycles. The van der Waals surface area contributed by atoms with Gasteiger partial charge in [-0.05, 0) is 18.4 Å². The lowest BCUT2D eigenvalue weighted by molar-refractivity contribution is -0.119. The predicted octanol–water partition coefficient (Wildman–Crippen LogP) is 0.357. The van der Waals surface area contributed by atoms with Crippen molar-refractivity contribution in [1.29, 1.82) is 0 Å². The van der Waals surface area contributed by atoms with Crippen molar-refractivity contribution in [3.63, 3.8) is 0 Å². The average Bonchev–Trinajstić information content (AvgIpc) is 2.73. The van der Waals surface area contributed by atoms with Crippen molar-refractivity contribution in [2.75, 3.05) is 11.5 Å². The van der Waals surface area contributed by atoms with Gasteiger partial charge in [0.15, 0.2) is 9.84 Å². The summed E-state index contributed by atoms with van der Waals surface area (Å²) in [5.41, 5.74) is 0.748. The summed E-state index contributed by atoms with van der Waals surface area (Å²) in [6, 6.07) is 1.81. The molecule has 0 N–H and O–H groups in total. The molecule has 0 bridgehead atoms. The SMILES string of the molecule is Cn1ccc(CC(=O)CC2CCS(=O)(=O)C2)n1. The molecule has 1 atom stereocenters. The Bertz CT molecular complexity index is 519. The van der Waals surface area contributed by atoms with Gasteiger partial charge in [0.2, 0.25) is 0 Å². The second-order valence-corrected chi connectivity index (χ2v) is 6.90. The zero-order valence-corrected chi connectivity index (χ0v) is 10.6. The van der Waals surface area contributed by atoms with Crippen molar-refractivity contribution in [3.05, 3.63) is 18.0 Å². The number of hydrogen-bond donors (Lipinski definition) is 0. The van der Waals surface area contributed by atoms with Gasteiger partial charge in [-0.1, -0.05) is 0 Å². The van der Waals surface area contributed by atoms with Crippen molar-refractivity contribution in [2.45, 2.75) is 19.3 Å². The van der Waals surface area contributed by atoms with E-state index in [0.717, 1.165) is 5.69 Å². The molecular weight excluding hydrogens is 240 g/mol. The maximum absolute atomic E-state index is 11.7. The summed E-state index contributed by atoms with van der Waals surface area (Å²) in [6.07, 6.45) is 3.08. The van der Waals surface area contributed by atoms with Crippen LogP contribution in [-0.2, 0) is 28.1 Å². The molecule has 2 rings (SSSR count). The van der Waals surface area contributed by atoms with Crippen LogP contribution in [0.2, 0.25) is 0 Å². The summed E-state index contributed by atoms with van der Waals surface area (Å²) in [6.45, 7) is 0. The molecule has 1 unspecified atom stereocenters. The van der Waals surface area contributed by atoms with E-state index < -0.39 is 9.84 Å². The Morgan fingerprint density at radius 2 is 2.35 bits per heavy atom. The second-order valence-electron chi connectivity index (χ2n) is 4.67. The number of sulfone groups is 1. The summed E-state index contributed by atoms with van der Waals surface area (Å²) < 4.78 is 24.2. The Labute approximate surface area is 101 Å². The van der Waals surface area contributed by atoms with E-state index in [2.05, 4.69) is 5.10 Å². The zero-order chi connectivity index (χ0) is 12.5. The van der Waals surface area contributed by atoms with Crippen molar-refractivity contribution >= 4 is 15.6 Å². The van der Waals surface area contributed by atoms with E-state index in [1.807, 2.05) is 6.07 Å². The van der Waals surface area contributed by atoms with Gasteiger partial charge in [0.1, 0.15) is 5.78 Å². The van der Waals surface area contributed by atoms with Crippen LogP contribution < -0.4 is 0 Å². The fraction of sp³-hybridized carbons (Fsp3) is 0.636. The summed E-state index contributed by atoms with van der Waals surface area (Å²) in [5, 5.41) is 4.13. The number of ketones is 1. The molecule has 6 heteroatoms. The van der Waals surface area contributed by atoms with E-state index in [0.29, 0.717) is 19.3 Å². The highest BCUT2D eigenvalue weighted by Crippen LogP contribution is 2.22. The number of carbonyl (C=O) groups excluding carboxylic acids is 1. The Morgan fingerprint density at radius 1 is 1.59 bits per heavy atom. The monoisotopic (exact) mass is 256 g/mol. The van der Waals surface area contributed by atoms with Crippen LogP contribution in [0, 0.1) is 5.92 Å². The molecule has 0 aromatic carbocycles. The Kier molecular flexibility index (Phi) is 3.33. The van der Waals surface area contributed by atoms with Gasteiger partial charge in [0.25, 0.3) is 0 Å². The van der Waals surface area contributed by atoms with Gasteiger partial charge in [0.05, 0.1) is 23.6 Å². The molecule has 17 heavy (non-hydrogen) atoms. The van der Waals surface area contributed by atoms with Gasteiger partial charge in [-0.2, -0.15) is 5.10 Å². The van der Waals surface area contributed by atoms with Crippen LogP contribution in [0.15, 0.2) is 12.3 Å². The number of Topliss-reactive ketones (excluding diaryl/α,β-unsaturated/α-hetero) is 1. The van der Waals surface area contributed by atoms with Crippen LogP contribution in [0.4, 0.5) is 0 Å². The standard InChI is InChI=1S/C11H16N2O3S/c1-13-4-2-10(12-13)7-11(14)6-9-3-5-17(15,16)8-9/h2,4,9H,3,5-8H2,1H3. The van der Waals surface area contributed by atoms with Gasteiger partial charge >= 0.3 is 0 Å². The van der Waals surface area contributed by atoms with Crippen molar-refractivity contribution < 1.29 is 13.2 Å². The van der Waals surface area contributed by atoms with E-state index in [4.69, 9.17) is 0 Å². The quantitative estimate of drug-likeness (QED) is 0.780. The Hall–Kier alpha value is -1.17. The normalized spacial score (nSPS) is 22.8. The van der Waals surface area contributed by atoms with Gasteiger partial charge < -0.3 is 0 Å². The highest BCUT2D eigenvalue weighted by atomic mass is 32.2. The summed E-state index contributed by atoms with van der Waals surface area (Å²) in [7, 11) is -1.08. The fourth-order valence-corrected chi connectivity index (χ4v) is 4.05. The van der Waals surface area contributed by atoms with Gasteiger partial charge in [-0.15, -0.1) is 0 Å². The molecule has 2 heterocycles. The molecule has 94 valence electrons. The lowest BCUT2D eigenvalue weighted by atomic mass is 10.00. The van der Waals surface area contributed by atoms with E-state index in [-0.39, 0.29) is 23.2 Å². The van der Waals surface area contributed by atoms with E-state index >= 15 is 0 Å². The molecule has 1 aliphatic heterocycles. The molecular formula is C11H16N2O3S. The number of carbonyl (C=O) groups is 1. The van der Waals surface area contributed by atoms with Crippen LogP contribution in [0.5, 0.6) is 0 Å². The number of rotatable bonds is 4. The first-order valence-electron chi connectivity index (χ1n) is 5.65. The highest BCUT2D eigenvalue weighted by Gasteiger charge is 2.29. The second kappa shape index (κ2) is 4.60. The molecule has 0 amide bonds. The average molecular weight is 256 g/mol. The third-order valence-corrected chi connectivity index (χ3v) is 4.83. The molecule has 0 radical (unpaired) electrons. The largest absolute Gasteiger partial charge is 0.299 e. The molecule has 5 nitrogen and oxygen atoms in total. The third kappa shape index (κ3) is 3.39. The van der Waals surface area contributed by atoms with Gasteiger partial charge in [-0.25, -0.2) is 8.42 Å². The summed E-state index contributed by atoms with van der Waals surface area (Å²) >= 11 is 0. The minimum absolute atomic E-state index is 0.0104. The summed E-state index contributed by atoms with van der Waals surface area (Å²) in [5.74, 6) is 0.484. The maximum Gasteiger partial charge on any atom is 0.150 e. The zero-order valence-electron chi connectivity index (χ0n) is 9.80. The van der Waals surface area contributed by atoms with Gasteiger partial charge in [0, 0.05) is 19.7 Å². The summed E-state index contributed by atoms with van der Waals surface area (Å²) in [4.78, 5) is 11.7. The lowest BCUT2D eigenvalue weighted by Crippen LogP contribution is -2.12. The van der Waals surface area contributed by atoms with Crippen LogP contribution in [-0.4, -0.2) is 35.5 Å². The van der Waals surface area contributed by atoms with E-state index in [9.17, 15) is 13.2 Å². The van der Waals surface area contributed by atoms with E-state index in [1.54, 1.807) is 17.9 Å². The van der Waals surface area contributed by atoms with Gasteiger partial charge in [-0.3, -0.25) is 9.48 Å². The van der Waals surface area contributed by atoms with Crippen LogP contribution in [0.25, 0.3) is 0 Å². The number of aryl methyl sites for hydroxylation is 1. The number of aromatic nitrogens is 2. The Balaban J connectivity index is 1.86. The third-order valence-electron chi connectivity index (χ3n) is 2.99. The predicted molar refractivity (Wildman–Crippen MR) is 63.3 cm³/mol. The topological polar surface area (TPSA) is 69.0 Å². The Morgan fingerprint density at radius 3 is 2.88 bits per heavy atom. The first-order valence-corrected chi connectivity index (χ1v) is 7.47. The van der Waals surface area contributed by atoms with Crippen molar-refractivity contribution in [1.82, 2.24) is 9.78 Å². The number of nitrogens with zero attached hydrogens (tertiary/aromatic N) is 2. The lowest BCUT2D eigenvalue weighted by Gasteiger charge is -2.04. The minimum atomic E-state index is -2.88. The minimum Gasteiger partial charge on any atom is -0.299 e. The molecule has 1 aliphatic rings. The first-order chi connectivity index (χ1) is 7.94. The van der Waals surface area contributed by atoms with Crippen LogP contribution in [0.1, 0.15) is 18.5 Å². The first kappa shape index (κ1) is 12.3. The molecule has 0 saturated carbocycles. The van der Waals surface area contributed by atoms with Crippen LogP contribution in [0.3, 0.4) is 0 Å². The molecule has 0 aliphatic carbocycles.